The van der Waals surface area contributed by atoms with Crippen molar-refractivity contribution < 1.29 is 0 Å². The van der Waals surface area contributed by atoms with Crippen LogP contribution in [-0.2, 0) is 0 Å². The highest BCUT2D eigenvalue weighted by Crippen LogP contribution is 2.21. The number of rotatable bonds is 2. The van der Waals surface area contributed by atoms with E-state index in [1.54, 1.807) is 6.20 Å². The van der Waals surface area contributed by atoms with E-state index in [4.69, 9.17) is 0 Å². The van der Waals surface area contributed by atoms with E-state index >= 15 is 0 Å². The average molecular weight is 278 g/mol. The lowest BCUT2D eigenvalue weighted by atomic mass is 10.2. The van der Waals surface area contributed by atoms with Crippen molar-refractivity contribution in [3.8, 4) is 11.4 Å². The molecule has 0 radical (unpaired) electrons. The highest BCUT2D eigenvalue weighted by Gasteiger charge is 2.04. The summed E-state index contributed by atoms with van der Waals surface area (Å²) < 4.78 is 1.03. The summed E-state index contributed by atoms with van der Waals surface area (Å²) in [6, 6.07) is 7.97. The van der Waals surface area contributed by atoms with E-state index in [0.717, 1.165) is 27.2 Å². The Balaban J connectivity index is 2.45. The van der Waals surface area contributed by atoms with Crippen molar-refractivity contribution in [3.63, 3.8) is 0 Å². The van der Waals surface area contributed by atoms with Crippen molar-refractivity contribution >= 4 is 21.6 Å². The third kappa shape index (κ3) is 2.22. The first-order valence-electron chi connectivity index (χ1n) is 4.98. The maximum atomic E-state index is 4.46. The number of anilines is 1. The number of halogens is 1. The molecule has 1 heterocycles. The minimum atomic E-state index is 0.748. The lowest BCUT2D eigenvalue weighted by Crippen LogP contribution is -1.98. The topological polar surface area (TPSA) is 37.8 Å². The predicted molar refractivity (Wildman–Crippen MR) is 69.5 cm³/mol. The normalized spacial score (nSPS) is 10.2. The van der Waals surface area contributed by atoms with Crippen LogP contribution in [0.15, 0.2) is 34.9 Å². The zero-order chi connectivity index (χ0) is 11.5. The molecule has 3 nitrogen and oxygen atoms in total. The number of nitrogens with one attached hydrogen (secondary N) is 1. The van der Waals surface area contributed by atoms with Gasteiger partial charge in [-0.25, -0.2) is 9.97 Å². The molecular formula is C12H12BrN3. The second kappa shape index (κ2) is 4.61. The molecular weight excluding hydrogens is 266 g/mol. The summed E-state index contributed by atoms with van der Waals surface area (Å²) >= 11 is 3.44. The van der Waals surface area contributed by atoms with Gasteiger partial charge in [0, 0.05) is 17.1 Å². The lowest BCUT2D eigenvalue weighted by molar-refractivity contribution is 1.11. The fourth-order valence-electron chi connectivity index (χ4n) is 1.48. The maximum Gasteiger partial charge on any atom is 0.159 e. The quantitative estimate of drug-likeness (QED) is 0.916. The van der Waals surface area contributed by atoms with Crippen molar-refractivity contribution in [1.82, 2.24) is 9.97 Å². The van der Waals surface area contributed by atoms with Crippen molar-refractivity contribution in [3.05, 3.63) is 40.6 Å². The summed E-state index contributed by atoms with van der Waals surface area (Å²) in [6.07, 6.45) is 1.80. The smallest absolute Gasteiger partial charge is 0.159 e. The molecule has 0 aliphatic rings. The van der Waals surface area contributed by atoms with Crippen LogP contribution in [0.4, 0.5) is 5.69 Å². The fraction of sp³-hybridized carbons (Fsp3) is 0.167. The van der Waals surface area contributed by atoms with Crippen LogP contribution in [0, 0.1) is 6.92 Å². The Morgan fingerprint density at radius 1 is 1.31 bits per heavy atom. The molecule has 82 valence electrons. The molecule has 0 aliphatic heterocycles. The largest absolute Gasteiger partial charge is 0.385 e. The first-order valence-corrected chi connectivity index (χ1v) is 5.77. The molecule has 0 fully saturated rings. The Labute approximate surface area is 103 Å². The van der Waals surface area contributed by atoms with Crippen LogP contribution in [0.5, 0.6) is 0 Å². The molecule has 4 heteroatoms. The van der Waals surface area contributed by atoms with Crippen LogP contribution in [0.3, 0.4) is 0 Å². The minimum Gasteiger partial charge on any atom is -0.385 e. The van der Waals surface area contributed by atoms with Gasteiger partial charge < -0.3 is 5.32 Å². The summed E-state index contributed by atoms with van der Waals surface area (Å²) in [6.45, 7) is 1.97. The molecule has 0 aliphatic carbocycles. The van der Waals surface area contributed by atoms with Crippen LogP contribution >= 0.6 is 15.9 Å². The highest BCUT2D eigenvalue weighted by atomic mass is 79.9. The van der Waals surface area contributed by atoms with Crippen LogP contribution in [-0.4, -0.2) is 17.0 Å². The van der Waals surface area contributed by atoms with Gasteiger partial charge in [-0.1, -0.05) is 28.1 Å². The Morgan fingerprint density at radius 3 is 2.75 bits per heavy atom. The second-order valence-corrected chi connectivity index (χ2v) is 4.37. The van der Waals surface area contributed by atoms with E-state index in [1.165, 1.54) is 0 Å². The molecule has 16 heavy (non-hydrogen) atoms. The van der Waals surface area contributed by atoms with Crippen LogP contribution < -0.4 is 5.32 Å². The van der Waals surface area contributed by atoms with E-state index in [1.807, 2.05) is 38.2 Å². The van der Waals surface area contributed by atoms with Gasteiger partial charge in [0.25, 0.3) is 0 Å². The van der Waals surface area contributed by atoms with E-state index in [0.29, 0.717) is 0 Å². The van der Waals surface area contributed by atoms with E-state index in [2.05, 4.69) is 31.2 Å². The van der Waals surface area contributed by atoms with Crippen LogP contribution in [0.2, 0.25) is 0 Å². The first kappa shape index (κ1) is 11.1. The monoisotopic (exact) mass is 277 g/mol. The van der Waals surface area contributed by atoms with Gasteiger partial charge in [-0.3, -0.25) is 0 Å². The summed E-state index contributed by atoms with van der Waals surface area (Å²) in [5, 5.41) is 3.05. The zero-order valence-corrected chi connectivity index (χ0v) is 10.7. The Morgan fingerprint density at radius 2 is 2.12 bits per heavy atom. The van der Waals surface area contributed by atoms with Crippen molar-refractivity contribution in [2.75, 3.05) is 12.4 Å². The van der Waals surface area contributed by atoms with Gasteiger partial charge in [-0.2, -0.15) is 0 Å². The van der Waals surface area contributed by atoms with E-state index < -0.39 is 0 Å². The van der Waals surface area contributed by atoms with Crippen molar-refractivity contribution in [2.24, 2.45) is 0 Å². The Bertz CT molecular complexity index is 511. The SMILES string of the molecule is CNc1cnc(-c2cccc(Br)c2)nc1C. The Hall–Kier alpha value is -1.42. The molecule has 2 rings (SSSR count). The number of aromatic nitrogens is 2. The van der Waals surface area contributed by atoms with Gasteiger partial charge in [0.15, 0.2) is 5.82 Å². The van der Waals surface area contributed by atoms with Gasteiger partial charge >= 0.3 is 0 Å². The van der Waals surface area contributed by atoms with Gasteiger partial charge in [-0.05, 0) is 19.1 Å². The zero-order valence-electron chi connectivity index (χ0n) is 9.16. The minimum absolute atomic E-state index is 0.748. The fourth-order valence-corrected chi connectivity index (χ4v) is 1.88. The lowest BCUT2D eigenvalue weighted by Gasteiger charge is -2.06. The molecule has 0 amide bonds. The van der Waals surface area contributed by atoms with Gasteiger partial charge in [-0.15, -0.1) is 0 Å². The molecule has 0 saturated carbocycles. The molecule has 0 saturated heterocycles. The number of aryl methyl sites for hydroxylation is 1. The van der Waals surface area contributed by atoms with Gasteiger partial charge in [0.1, 0.15) is 0 Å². The first-order chi connectivity index (χ1) is 7.70. The number of nitrogens with zero attached hydrogens (tertiary/aromatic N) is 2. The molecule has 1 aromatic heterocycles. The molecule has 0 atom stereocenters. The standard InChI is InChI=1S/C12H12BrN3/c1-8-11(14-2)7-15-12(16-8)9-4-3-5-10(13)6-9/h3-7,14H,1-2H3. The second-order valence-electron chi connectivity index (χ2n) is 3.45. The maximum absolute atomic E-state index is 4.46. The summed E-state index contributed by atoms with van der Waals surface area (Å²) in [7, 11) is 1.87. The van der Waals surface area contributed by atoms with Gasteiger partial charge in [0.2, 0.25) is 0 Å². The summed E-state index contributed by atoms with van der Waals surface area (Å²) in [4.78, 5) is 8.79. The molecule has 0 spiro atoms. The molecule has 2 aromatic rings. The number of benzene rings is 1. The molecule has 1 aromatic carbocycles. The third-order valence-corrected chi connectivity index (χ3v) is 2.82. The van der Waals surface area contributed by atoms with Crippen LogP contribution in [0.25, 0.3) is 11.4 Å². The molecule has 0 unspecified atom stereocenters. The average Bonchev–Trinajstić information content (AvgIpc) is 2.29. The third-order valence-electron chi connectivity index (χ3n) is 2.33. The Kier molecular flexibility index (Phi) is 3.19. The highest BCUT2D eigenvalue weighted by molar-refractivity contribution is 9.10. The molecule has 0 bridgehead atoms. The number of hydrogen-bond donors (Lipinski definition) is 1. The van der Waals surface area contributed by atoms with Crippen molar-refractivity contribution in [2.45, 2.75) is 6.92 Å². The number of hydrogen-bond acceptors (Lipinski definition) is 3. The molecule has 1 N–H and O–H groups in total. The predicted octanol–water partition coefficient (Wildman–Crippen LogP) is 3.26. The van der Waals surface area contributed by atoms with Gasteiger partial charge in [0.05, 0.1) is 17.6 Å². The van der Waals surface area contributed by atoms with E-state index in [9.17, 15) is 0 Å². The van der Waals surface area contributed by atoms with Crippen LogP contribution in [0.1, 0.15) is 5.69 Å². The van der Waals surface area contributed by atoms with E-state index in [-0.39, 0.29) is 0 Å². The van der Waals surface area contributed by atoms with Crippen molar-refractivity contribution in [1.29, 1.82) is 0 Å². The summed E-state index contributed by atoms with van der Waals surface area (Å²) in [5.41, 5.74) is 2.92. The summed E-state index contributed by atoms with van der Waals surface area (Å²) in [5.74, 6) is 0.748.